The fourth-order valence-corrected chi connectivity index (χ4v) is 4.03. The van der Waals surface area contributed by atoms with E-state index in [1.165, 1.54) is 5.56 Å². The molecule has 31 heavy (non-hydrogen) atoms. The first kappa shape index (κ1) is 21.2. The highest BCUT2D eigenvalue weighted by Gasteiger charge is 2.26. The van der Waals surface area contributed by atoms with Crippen molar-refractivity contribution in [1.82, 2.24) is 20.4 Å². The molecule has 1 aromatic heterocycles. The summed E-state index contributed by atoms with van der Waals surface area (Å²) in [6.07, 6.45) is 3.65. The van der Waals surface area contributed by atoms with Crippen molar-refractivity contribution >= 4 is 5.91 Å². The van der Waals surface area contributed by atoms with Crippen LogP contribution in [0.1, 0.15) is 37.6 Å². The summed E-state index contributed by atoms with van der Waals surface area (Å²) in [4.78, 5) is 19.5. The van der Waals surface area contributed by atoms with E-state index in [4.69, 9.17) is 4.52 Å². The number of hydrogen-bond donors (Lipinski definition) is 1. The highest BCUT2D eigenvalue weighted by Crippen LogP contribution is 2.21. The van der Waals surface area contributed by atoms with Crippen LogP contribution in [0.4, 0.5) is 0 Å². The van der Waals surface area contributed by atoms with Gasteiger partial charge in [-0.2, -0.15) is 4.98 Å². The number of nitrogens with zero attached hydrogens (tertiary/aromatic N) is 3. The fraction of sp³-hybridized carbons (Fsp3) is 0.400. The first-order valence-corrected chi connectivity index (χ1v) is 11.1. The average molecular weight is 419 g/mol. The van der Waals surface area contributed by atoms with Gasteiger partial charge in [-0.15, -0.1) is 0 Å². The van der Waals surface area contributed by atoms with Gasteiger partial charge < -0.3 is 9.84 Å². The fourth-order valence-electron chi connectivity index (χ4n) is 4.03. The van der Waals surface area contributed by atoms with E-state index in [0.717, 1.165) is 44.3 Å². The molecular weight excluding hydrogens is 388 g/mol. The number of carbonyl (C=O) groups excluding carboxylic acids is 1. The Morgan fingerprint density at radius 2 is 1.77 bits per heavy atom. The van der Waals surface area contributed by atoms with Crippen molar-refractivity contribution in [3.8, 4) is 11.4 Å². The molecule has 0 saturated carbocycles. The molecule has 1 saturated heterocycles. The summed E-state index contributed by atoms with van der Waals surface area (Å²) < 4.78 is 5.43. The van der Waals surface area contributed by atoms with Gasteiger partial charge in [0.05, 0.1) is 6.54 Å². The van der Waals surface area contributed by atoms with Crippen LogP contribution in [0.2, 0.25) is 0 Å². The SMILES string of the molecule is CC(CCc1ccccc1)NC(=O)C1CCN(Cc2nc(-c3ccccc3)no2)CC1. The highest BCUT2D eigenvalue weighted by atomic mass is 16.5. The normalized spacial score (nSPS) is 16.2. The van der Waals surface area contributed by atoms with Gasteiger partial charge in [0.2, 0.25) is 17.6 Å². The molecule has 0 radical (unpaired) electrons. The summed E-state index contributed by atoms with van der Waals surface area (Å²) >= 11 is 0. The first-order chi connectivity index (χ1) is 15.2. The van der Waals surface area contributed by atoms with E-state index in [1.54, 1.807) is 0 Å². The number of carbonyl (C=O) groups is 1. The molecule has 1 aliphatic heterocycles. The lowest BCUT2D eigenvalue weighted by atomic mass is 9.95. The molecule has 162 valence electrons. The lowest BCUT2D eigenvalue weighted by Gasteiger charge is -2.30. The van der Waals surface area contributed by atoms with Gasteiger partial charge in [0.1, 0.15) is 0 Å². The van der Waals surface area contributed by atoms with Gasteiger partial charge in [0.15, 0.2) is 0 Å². The maximum atomic E-state index is 12.7. The van der Waals surface area contributed by atoms with Gasteiger partial charge in [-0.05, 0) is 51.3 Å². The minimum atomic E-state index is 0.0815. The van der Waals surface area contributed by atoms with Crippen molar-refractivity contribution in [2.45, 2.75) is 45.2 Å². The molecule has 1 amide bonds. The van der Waals surface area contributed by atoms with E-state index in [-0.39, 0.29) is 17.9 Å². The lowest BCUT2D eigenvalue weighted by molar-refractivity contribution is -0.127. The molecule has 3 aromatic rings. The smallest absolute Gasteiger partial charge is 0.241 e. The van der Waals surface area contributed by atoms with Crippen LogP contribution in [-0.4, -0.2) is 40.1 Å². The number of nitrogens with one attached hydrogen (secondary N) is 1. The van der Waals surface area contributed by atoms with Gasteiger partial charge in [0.25, 0.3) is 0 Å². The molecule has 2 heterocycles. The molecule has 0 bridgehead atoms. The van der Waals surface area contributed by atoms with Crippen molar-refractivity contribution in [2.75, 3.05) is 13.1 Å². The number of piperidine rings is 1. The summed E-state index contributed by atoms with van der Waals surface area (Å²) in [5.41, 5.74) is 2.27. The van der Waals surface area contributed by atoms with Crippen LogP contribution in [0.25, 0.3) is 11.4 Å². The molecule has 1 unspecified atom stereocenters. The second kappa shape index (κ2) is 10.4. The van der Waals surface area contributed by atoms with Gasteiger partial charge in [-0.25, -0.2) is 0 Å². The summed E-state index contributed by atoms with van der Waals surface area (Å²) in [5, 5.41) is 7.30. The standard InChI is InChI=1S/C25H30N4O2/c1-19(12-13-20-8-4-2-5-9-20)26-25(30)22-14-16-29(17-15-22)18-23-27-24(28-31-23)21-10-6-3-7-11-21/h2-11,19,22H,12-18H2,1H3,(H,26,30). The number of rotatable bonds is 8. The molecule has 1 fully saturated rings. The molecule has 1 aliphatic rings. The van der Waals surface area contributed by atoms with E-state index in [1.807, 2.05) is 36.4 Å². The van der Waals surface area contributed by atoms with Crippen LogP contribution in [0.5, 0.6) is 0 Å². The first-order valence-electron chi connectivity index (χ1n) is 11.1. The molecule has 6 nitrogen and oxygen atoms in total. The Morgan fingerprint density at radius 3 is 2.48 bits per heavy atom. The van der Waals surface area contributed by atoms with E-state index in [9.17, 15) is 4.79 Å². The van der Waals surface area contributed by atoms with E-state index in [0.29, 0.717) is 18.3 Å². The Morgan fingerprint density at radius 1 is 1.10 bits per heavy atom. The summed E-state index contributed by atoms with van der Waals surface area (Å²) in [5.74, 6) is 1.51. The van der Waals surface area contributed by atoms with Crippen molar-refractivity contribution in [3.05, 3.63) is 72.1 Å². The third-order valence-corrected chi connectivity index (χ3v) is 5.91. The molecule has 2 aromatic carbocycles. The molecule has 1 atom stereocenters. The van der Waals surface area contributed by atoms with Crippen molar-refractivity contribution in [2.24, 2.45) is 5.92 Å². The topological polar surface area (TPSA) is 71.3 Å². The lowest BCUT2D eigenvalue weighted by Crippen LogP contribution is -2.43. The molecule has 4 rings (SSSR count). The minimum Gasteiger partial charge on any atom is -0.353 e. The van der Waals surface area contributed by atoms with Gasteiger partial charge in [-0.3, -0.25) is 9.69 Å². The number of benzene rings is 2. The number of aryl methyl sites for hydroxylation is 1. The molecular formula is C25H30N4O2. The van der Waals surface area contributed by atoms with E-state index < -0.39 is 0 Å². The largest absolute Gasteiger partial charge is 0.353 e. The van der Waals surface area contributed by atoms with Crippen molar-refractivity contribution in [1.29, 1.82) is 0 Å². The number of aromatic nitrogens is 2. The summed E-state index contributed by atoms with van der Waals surface area (Å²) in [7, 11) is 0. The zero-order valence-corrected chi connectivity index (χ0v) is 18.0. The Bertz CT molecular complexity index is 950. The predicted molar refractivity (Wildman–Crippen MR) is 120 cm³/mol. The molecule has 0 aliphatic carbocycles. The van der Waals surface area contributed by atoms with Crippen molar-refractivity contribution in [3.63, 3.8) is 0 Å². The number of likely N-dealkylation sites (tertiary alicyclic amines) is 1. The maximum absolute atomic E-state index is 12.7. The Hall–Kier alpha value is -2.99. The zero-order valence-electron chi connectivity index (χ0n) is 18.0. The maximum Gasteiger partial charge on any atom is 0.241 e. The van der Waals surface area contributed by atoms with Crippen LogP contribution in [-0.2, 0) is 17.8 Å². The Kier molecular flexibility index (Phi) is 7.10. The van der Waals surface area contributed by atoms with Gasteiger partial charge >= 0.3 is 0 Å². The minimum absolute atomic E-state index is 0.0815. The monoisotopic (exact) mass is 418 g/mol. The second-order valence-electron chi connectivity index (χ2n) is 8.36. The highest BCUT2D eigenvalue weighted by molar-refractivity contribution is 5.79. The van der Waals surface area contributed by atoms with Crippen LogP contribution in [0.15, 0.2) is 65.2 Å². The van der Waals surface area contributed by atoms with E-state index in [2.05, 4.69) is 51.5 Å². The van der Waals surface area contributed by atoms with Crippen molar-refractivity contribution < 1.29 is 9.32 Å². The van der Waals surface area contributed by atoms with Crippen LogP contribution in [0, 0.1) is 5.92 Å². The average Bonchev–Trinajstić information content (AvgIpc) is 3.28. The van der Waals surface area contributed by atoms with Crippen LogP contribution < -0.4 is 5.32 Å². The number of amides is 1. The molecule has 6 heteroatoms. The van der Waals surface area contributed by atoms with Gasteiger partial charge in [-0.1, -0.05) is 65.8 Å². The third-order valence-electron chi connectivity index (χ3n) is 5.91. The molecule has 0 spiro atoms. The van der Waals surface area contributed by atoms with Crippen LogP contribution >= 0.6 is 0 Å². The van der Waals surface area contributed by atoms with Gasteiger partial charge in [0, 0.05) is 17.5 Å². The molecule has 1 N–H and O–H groups in total. The Balaban J connectivity index is 1.19. The summed E-state index contributed by atoms with van der Waals surface area (Å²) in [6, 6.07) is 20.4. The quantitative estimate of drug-likeness (QED) is 0.597. The van der Waals surface area contributed by atoms with Crippen LogP contribution in [0.3, 0.4) is 0 Å². The Labute approximate surface area is 183 Å². The predicted octanol–water partition coefficient (Wildman–Crippen LogP) is 4.09. The number of hydrogen-bond acceptors (Lipinski definition) is 5. The van der Waals surface area contributed by atoms with E-state index >= 15 is 0 Å². The summed E-state index contributed by atoms with van der Waals surface area (Å²) in [6.45, 7) is 4.44. The second-order valence-corrected chi connectivity index (χ2v) is 8.36. The third kappa shape index (κ3) is 6.01. The zero-order chi connectivity index (χ0) is 21.5.